The highest BCUT2D eigenvalue weighted by Crippen LogP contribution is 1.89. The first-order valence-corrected chi connectivity index (χ1v) is 2.18. The van der Waals surface area contributed by atoms with E-state index in [4.69, 9.17) is 0 Å². The molecule has 0 saturated carbocycles. The Balaban J connectivity index is 2.82. The van der Waals surface area contributed by atoms with Crippen LogP contribution in [0.4, 0.5) is 0 Å². The summed E-state index contributed by atoms with van der Waals surface area (Å²) in [5.74, 6) is 0. The summed E-state index contributed by atoms with van der Waals surface area (Å²) in [6.07, 6.45) is 8.25. The molecule has 0 fully saturated rings. The molecule has 0 aromatic rings. The van der Waals surface area contributed by atoms with Gasteiger partial charge in [-0.05, 0) is 6.92 Å². The summed E-state index contributed by atoms with van der Waals surface area (Å²) < 4.78 is 0. The molecule has 0 atom stereocenters. The topological polar surface area (TPSA) is 12.4 Å². The number of hydrogen-bond acceptors (Lipinski definition) is 1. The highest BCUT2D eigenvalue weighted by atomic mass is 14.7. The maximum absolute atomic E-state index is 3.92. The molecule has 0 saturated heterocycles. The third-order valence-corrected chi connectivity index (χ3v) is 0.763. The maximum Gasteiger partial charge on any atom is 0.173 e. The number of hydrogen-bond donors (Lipinski definition) is 0. The van der Waals surface area contributed by atoms with Gasteiger partial charge in [0, 0.05) is 0 Å². The van der Waals surface area contributed by atoms with Gasteiger partial charge < -0.3 is 0 Å². The zero-order valence-electron chi connectivity index (χ0n) is 4.18. The number of allylic oxidation sites excluding steroid dienone is 3. The van der Waals surface area contributed by atoms with Gasteiger partial charge in [0.1, 0.15) is 11.8 Å². The molecule has 0 spiro atoms. The molecule has 1 heteroatoms. The molecule has 1 rings (SSSR count). The summed E-state index contributed by atoms with van der Waals surface area (Å²) in [5, 5.41) is 0. The molecule has 0 aromatic carbocycles. The van der Waals surface area contributed by atoms with Crippen molar-refractivity contribution in [2.45, 2.75) is 6.92 Å². The smallest absolute Gasteiger partial charge is 0.173 e. The van der Waals surface area contributed by atoms with Crippen LogP contribution in [-0.2, 0) is 0 Å². The Bertz CT molecular complexity index is 140. The maximum atomic E-state index is 3.92. The van der Waals surface area contributed by atoms with Crippen LogP contribution in [0, 0.1) is 6.08 Å². The average Bonchev–Trinajstić information content (AvgIpc) is 1.69. The molecule has 0 aromatic heterocycles. The lowest BCUT2D eigenvalue weighted by molar-refractivity contribution is 1.49. The Morgan fingerprint density at radius 3 is 2.86 bits per heavy atom. The minimum Gasteiger partial charge on any atom is -0.209 e. The lowest BCUT2D eigenvalue weighted by Crippen LogP contribution is -1.83. The predicted molar refractivity (Wildman–Crippen MR) is 30.1 cm³/mol. The minimum absolute atomic E-state index is 1.04. The Hall–Kier alpha value is -0.940. The van der Waals surface area contributed by atoms with Gasteiger partial charge in [0.05, 0.1) is 6.08 Å². The molecule has 1 aliphatic heterocycles. The van der Waals surface area contributed by atoms with Crippen LogP contribution in [0.2, 0.25) is 0 Å². The molecule has 0 N–H and O–H groups in total. The first kappa shape index (κ1) is 4.23. The van der Waals surface area contributed by atoms with Gasteiger partial charge in [-0.2, -0.15) is 0 Å². The third kappa shape index (κ3) is 0.951. The molecule has 0 aliphatic carbocycles. The van der Waals surface area contributed by atoms with Crippen molar-refractivity contribution in [1.29, 1.82) is 0 Å². The summed E-state index contributed by atoms with van der Waals surface area (Å²) in [6, 6.07) is 0. The third-order valence-electron chi connectivity index (χ3n) is 0.763. The normalized spacial score (nSPS) is 15.9. The van der Waals surface area contributed by atoms with Crippen LogP contribution in [-0.4, -0.2) is 5.71 Å². The monoisotopic (exact) mass is 92.0 g/mol. The lowest BCUT2D eigenvalue weighted by atomic mass is 10.3. The Morgan fingerprint density at radius 2 is 2.57 bits per heavy atom. The standard InChI is InChI=1S/C6H6N/c1-6-4-2-3-5-7-6/h2,4-5H,1H3/q+1. The van der Waals surface area contributed by atoms with E-state index in [1.54, 1.807) is 6.20 Å². The first-order valence-electron chi connectivity index (χ1n) is 2.18. The average molecular weight is 92.1 g/mol. The van der Waals surface area contributed by atoms with E-state index in [0.717, 1.165) is 5.71 Å². The van der Waals surface area contributed by atoms with Gasteiger partial charge in [0.25, 0.3) is 0 Å². The summed E-state index contributed by atoms with van der Waals surface area (Å²) >= 11 is 0. The van der Waals surface area contributed by atoms with Crippen LogP contribution in [0.5, 0.6) is 0 Å². The van der Waals surface area contributed by atoms with E-state index in [1.165, 1.54) is 0 Å². The molecule has 0 unspecified atom stereocenters. The van der Waals surface area contributed by atoms with Crippen LogP contribution >= 0.6 is 0 Å². The van der Waals surface area contributed by atoms with E-state index in [-0.39, 0.29) is 0 Å². The van der Waals surface area contributed by atoms with Crippen molar-refractivity contribution >= 4 is 5.71 Å². The summed E-state index contributed by atoms with van der Waals surface area (Å²) in [7, 11) is 0. The summed E-state index contributed by atoms with van der Waals surface area (Å²) in [4.78, 5) is 3.92. The van der Waals surface area contributed by atoms with E-state index >= 15 is 0 Å². The number of nitrogens with zero attached hydrogens (tertiary/aromatic N) is 1. The molecule has 34 valence electrons. The Kier molecular flexibility index (Phi) is 1.01. The molecule has 1 aliphatic rings. The van der Waals surface area contributed by atoms with E-state index in [0.29, 0.717) is 0 Å². The van der Waals surface area contributed by atoms with Crippen molar-refractivity contribution in [2.75, 3.05) is 0 Å². The van der Waals surface area contributed by atoms with Gasteiger partial charge in [0.2, 0.25) is 0 Å². The second-order valence-corrected chi connectivity index (χ2v) is 1.40. The van der Waals surface area contributed by atoms with Crippen LogP contribution < -0.4 is 0 Å². The molecule has 0 radical (unpaired) electrons. The minimum atomic E-state index is 1.04. The SMILES string of the molecule is CC1=NC=[C+]C=C1. The first-order chi connectivity index (χ1) is 3.39. The van der Waals surface area contributed by atoms with Gasteiger partial charge in [-0.1, -0.05) is 0 Å². The van der Waals surface area contributed by atoms with Crippen molar-refractivity contribution in [2.24, 2.45) is 4.99 Å². The van der Waals surface area contributed by atoms with Crippen LogP contribution in [0.3, 0.4) is 0 Å². The number of rotatable bonds is 0. The molecule has 0 amide bonds. The van der Waals surface area contributed by atoms with Gasteiger partial charge in [-0.25, -0.2) is 4.99 Å². The van der Waals surface area contributed by atoms with E-state index in [1.807, 2.05) is 19.1 Å². The largest absolute Gasteiger partial charge is 0.209 e. The summed E-state index contributed by atoms with van der Waals surface area (Å²) in [6.45, 7) is 1.95. The fourth-order valence-electron chi connectivity index (χ4n) is 0.394. The molecular formula is C6H6N+. The van der Waals surface area contributed by atoms with Crippen molar-refractivity contribution in [3.8, 4) is 0 Å². The molecule has 7 heavy (non-hydrogen) atoms. The van der Waals surface area contributed by atoms with Gasteiger partial charge in [0.15, 0.2) is 12.3 Å². The van der Waals surface area contributed by atoms with Gasteiger partial charge in [-0.15, -0.1) is 0 Å². The van der Waals surface area contributed by atoms with Crippen LogP contribution in [0.15, 0.2) is 23.3 Å². The van der Waals surface area contributed by atoms with Crippen LogP contribution in [0.1, 0.15) is 6.92 Å². The quantitative estimate of drug-likeness (QED) is 0.400. The zero-order chi connectivity index (χ0) is 5.11. The van der Waals surface area contributed by atoms with Gasteiger partial charge >= 0.3 is 0 Å². The zero-order valence-corrected chi connectivity index (χ0v) is 4.18. The highest BCUT2D eigenvalue weighted by molar-refractivity contribution is 5.93. The van der Waals surface area contributed by atoms with E-state index in [9.17, 15) is 0 Å². The van der Waals surface area contributed by atoms with Crippen molar-refractivity contribution in [3.05, 3.63) is 24.4 Å². The second kappa shape index (κ2) is 1.67. The Morgan fingerprint density at radius 1 is 1.71 bits per heavy atom. The van der Waals surface area contributed by atoms with E-state index in [2.05, 4.69) is 11.1 Å². The summed E-state index contributed by atoms with van der Waals surface area (Å²) in [5.41, 5.74) is 1.04. The van der Waals surface area contributed by atoms with Gasteiger partial charge in [-0.3, -0.25) is 0 Å². The van der Waals surface area contributed by atoms with Crippen molar-refractivity contribution < 1.29 is 0 Å². The van der Waals surface area contributed by atoms with Crippen molar-refractivity contribution in [1.82, 2.24) is 0 Å². The molecule has 1 nitrogen and oxygen atoms in total. The number of aliphatic imine (C=N–C) groups is 1. The molecule has 1 heterocycles. The Labute approximate surface area is 43.1 Å². The van der Waals surface area contributed by atoms with Crippen molar-refractivity contribution in [3.63, 3.8) is 0 Å². The van der Waals surface area contributed by atoms with Crippen LogP contribution in [0.25, 0.3) is 0 Å². The fourth-order valence-corrected chi connectivity index (χ4v) is 0.394. The molecule has 0 bridgehead atoms. The fraction of sp³-hybridized carbons (Fsp3) is 0.167. The predicted octanol–water partition coefficient (Wildman–Crippen LogP) is 1.33. The molecular weight excluding hydrogens is 86.1 g/mol. The second-order valence-electron chi connectivity index (χ2n) is 1.40. The van der Waals surface area contributed by atoms with E-state index < -0.39 is 0 Å². The highest BCUT2D eigenvalue weighted by Gasteiger charge is 1.91. The lowest BCUT2D eigenvalue weighted by Gasteiger charge is -1.77.